The normalized spacial score (nSPS) is 15.9. The molecule has 0 aliphatic heterocycles. The lowest BCUT2D eigenvalue weighted by Gasteiger charge is -2.21. The summed E-state index contributed by atoms with van der Waals surface area (Å²) in [6, 6.07) is 10.1. The van der Waals surface area contributed by atoms with E-state index in [-0.39, 0.29) is 5.91 Å². The van der Waals surface area contributed by atoms with Crippen LogP contribution in [0.3, 0.4) is 0 Å². The molecule has 0 aromatic heterocycles. The lowest BCUT2D eigenvalue weighted by Crippen LogP contribution is -2.30. The van der Waals surface area contributed by atoms with Gasteiger partial charge in [-0.3, -0.25) is 4.79 Å². The Morgan fingerprint density at radius 3 is 2.42 bits per heavy atom. The van der Waals surface area contributed by atoms with Crippen LogP contribution < -0.4 is 5.32 Å². The second-order valence-electron chi connectivity index (χ2n) is 5.86. The maximum absolute atomic E-state index is 12.2. The number of carbonyl (C=O) groups excluding carboxylic acids is 1. The average Bonchev–Trinajstić information content (AvgIpc) is 2.60. The first-order valence-corrected chi connectivity index (χ1v) is 8.00. The Balaban J connectivity index is 2.44. The van der Waals surface area contributed by atoms with Gasteiger partial charge in [0.05, 0.1) is 0 Å². The molecular weight excluding hydrogens is 300 g/mol. The van der Waals surface area contributed by atoms with E-state index in [0.29, 0.717) is 12.1 Å². The first kappa shape index (κ1) is 17.7. The molecule has 0 spiro atoms. The molecule has 0 saturated heterocycles. The highest BCUT2D eigenvalue weighted by Crippen LogP contribution is 2.31. The summed E-state index contributed by atoms with van der Waals surface area (Å²) in [5.41, 5.74) is 6.10. The molecule has 126 valence electrons. The van der Waals surface area contributed by atoms with Crippen molar-refractivity contribution in [3.8, 4) is 0 Å². The molecule has 24 heavy (non-hydrogen) atoms. The number of carbonyl (C=O) groups is 1. The summed E-state index contributed by atoms with van der Waals surface area (Å²) in [5, 5.41) is 6.62. The maximum atomic E-state index is 12.2. The Hall–Kier alpha value is -2.62. The van der Waals surface area contributed by atoms with Crippen molar-refractivity contribution >= 4 is 17.7 Å². The van der Waals surface area contributed by atoms with E-state index in [1.807, 2.05) is 18.2 Å². The summed E-state index contributed by atoms with van der Waals surface area (Å²) in [4.78, 5) is 17.1. The summed E-state index contributed by atoms with van der Waals surface area (Å²) in [6.07, 6.45) is 5.66. The first-order valence-electron chi connectivity index (χ1n) is 8.00. The number of allylic oxidation sites excluding steroid dienone is 4. The van der Waals surface area contributed by atoms with Gasteiger partial charge in [0.15, 0.2) is 5.71 Å². The lowest BCUT2D eigenvalue weighted by molar-refractivity contribution is -0.114. The zero-order valence-corrected chi connectivity index (χ0v) is 14.7. The highest BCUT2D eigenvalue weighted by molar-refractivity contribution is 6.45. The van der Waals surface area contributed by atoms with Crippen molar-refractivity contribution in [2.24, 2.45) is 5.16 Å². The third-order valence-electron chi connectivity index (χ3n) is 4.20. The fourth-order valence-electron chi connectivity index (χ4n) is 2.67. The van der Waals surface area contributed by atoms with Crippen molar-refractivity contribution < 1.29 is 9.63 Å². The van der Waals surface area contributed by atoms with Crippen molar-refractivity contribution in [1.82, 2.24) is 5.32 Å². The monoisotopic (exact) mass is 324 g/mol. The number of nitrogens with zero attached hydrogens (tertiary/aromatic N) is 1. The van der Waals surface area contributed by atoms with Crippen LogP contribution in [0.2, 0.25) is 0 Å². The molecule has 1 aliphatic carbocycles. The molecule has 0 unspecified atom stereocenters. The van der Waals surface area contributed by atoms with E-state index in [1.54, 1.807) is 7.05 Å². The molecule has 0 fully saturated rings. The molecule has 0 bridgehead atoms. The third-order valence-corrected chi connectivity index (χ3v) is 4.20. The van der Waals surface area contributed by atoms with Gasteiger partial charge in [-0.2, -0.15) is 0 Å². The van der Waals surface area contributed by atoms with Crippen LogP contribution in [0.1, 0.15) is 32.3 Å². The van der Waals surface area contributed by atoms with Gasteiger partial charge in [-0.25, -0.2) is 0 Å². The zero-order valence-electron chi connectivity index (χ0n) is 14.7. The Labute approximate surface area is 143 Å². The van der Waals surface area contributed by atoms with Crippen molar-refractivity contribution in [3.63, 3.8) is 0 Å². The van der Waals surface area contributed by atoms with Crippen molar-refractivity contribution in [3.05, 3.63) is 64.3 Å². The first-order chi connectivity index (χ1) is 11.6. The van der Waals surface area contributed by atoms with Crippen LogP contribution in [0.4, 0.5) is 0 Å². The highest BCUT2D eigenvalue weighted by Gasteiger charge is 2.23. The second-order valence-corrected chi connectivity index (χ2v) is 5.86. The van der Waals surface area contributed by atoms with E-state index in [0.717, 1.165) is 23.1 Å². The van der Waals surface area contributed by atoms with Crippen LogP contribution in [-0.4, -0.2) is 25.8 Å². The van der Waals surface area contributed by atoms with Crippen LogP contribution in [0.25, 0.3) is 6.08 Å². The van der Waals surface area contributed by atoms with Gasteiger partial charge < -0.3 is 10.2 Å². The van der Waals surface area contributed by atoms with Crippen LogP contribution in [-0.2, 0) is 9.63 Å². The molecule has 4 nitrogen and oxygen atoms in total. The van der Waals surface area contributed by atoms with E-state index in [1.165, 1.54) is 18.3 Å². The number of nitrogens with one attached hydrogen (secondary N) is 1. The summed E-state index contributed by atoms with van der Waals surface area (Å²) in [7, 11) is 3.06. The molecule has 0 atom stereocenters. The van der Waals surface area contributed by atoms with Crippen LogP contribution in [0.15, 0.2) is 63.9 Å². The SMILES string of the molecule is CNC(=O)/C(=N\OC)C1=C(/C=C/c2ccccc2)CC(C)=C(C)C1. The van der Waals surface area contributed by atoms with Gasteiger partial charge in [0, 0.05) is 7.05 Å². The summed E-state index contributed by atoms with van der Waals surface area (Å²) in [6.45, 7) is 4.23. The molecule has 2 rings (SSSR count). The second kappa shape index (κ2) is 8.29. The lowest BCUT2D eigenvalue weighted by atomic mass is 9.84. The minimum absolute atomic E-state index is 0.232. The van der Waals surface area contributed by atoms with E-state index in [9.17, 15) is 4.79 Å². The van der Waals surface area contributed by atoms with Gasteiger partial charge in [-0.1, -0.05) is 58.8 Å². The fourth-order valence-corrected chi connectivity index (χ4v) is 2.67. The van der Waals surface area contributed by atoms with Crippen molar-refractivity contribution in [2.45, 2.75) is 26.7 Å². The average molecular weight is 324 g/mol. The molecule has 0 saturated carbocycles. The van der Waals surface area contributed by atoms with Gasteiger partial charge in [0.2, 0.25) is 0 Å². The van der Waals surface area contributed by atoms with Gasteiger partial charge >= 0.3 is 0 Å². The highest BCUT2D eigenvalue weighted by atomic mass is 16.6. The number of oxime groups is 1. The third kappa shape index (κ3) is 4.22. The molecule has 1 aromatic carbocycles. The van der Waals surface area contributed by atoms with Gasteiger partial charge in [0.1, 0.15) is 7.11 Å². The smallest absolute Gasteiger partial charge is 0.273 e. The van der Waals surface area contributed by atoms with Crippen LogP contribution in [0, 0.1) is 0 Å². The summed E-state index contributed by atoms with van der Waals surface area (Å²) >= 11 is 0. The van der Waals surface area contributed by atoms with Gasteiger partial charge in [-0.05, 0) is 43.4 Å². The van der Waals surface area contributed by atoms with E-state index in [2.05, 4.69) is 48.6 Å². The number of hydrogen-bond acceptors (Lipinski definition) is 3. The molecule has 0 radical (unpaired) electrons. The standard InChI is InChI=1S/C20H24N2O2/c1-14-12-17(11-10-16-8-6-5-7-9-16)18(13-15(14)2)19(22-24-4)20(23)21-3/h5-11H,12-13H2,1-4H3,(H,21,23)/b11-10+,22-19-. The molecule has 1 aliphatic rings. The zero-order chi connectivity index (χ0) is 17.5. The number of rotatable bonds is 5. The fraction of sp³-hybridized carbons (Fsp3) is 0.300. The molecular formula is C20H24N2O2. The molecule has 1 aromatic rings. The van der Waals surface area contributed by atoms with Crippen LogP contribution in [0.5, 0.6) is 0 Å². The minimum atomic E-state index is -0.232. The number of amides is 1. The minimum Gasteiger partial charge on any atom is -0.398 e. The Morgan fingerprint density at radius 1 is 1.12 bits per heavy atom. The Kier molecular flexibility index (Phi) is 6.13. The van der Waals surface area contributed by atoms with Crippen molar-refractivity contribution in [1.29, 1.82) is 0 Å². The molecule has 4 heteroatoms. The maximum Gasteiger partial charge on any atom is 0.273 e. The van der Waals surface area contributed by atoms with E-state index in [4.69, 9.17) is 4.84 Å². The van der Waals surface area contributed by atoms with E-state index >= 15 is 0 Å². The predicted molar refractivity (Wildman–Crippen MR) is 98.6 cm³/mol. The summed E-state index contributed by atoms with van der Waals surface area (Å²) in [5.74, 6) is -0.232. The molecule has 1 amide bonds. The Morgan fingerprint density at radius 2 is 1.79 bits per heavy atom. The van der Waals surface area contributed by atoms with Crippen molar-refractivity contribution in [2.75, 3.05) is 14.2 Å². The molecule has 0 heterocycles. The number of benzene rings is 1. The van der Waals surface area contributed by atoms with E-state index < -0.39 is 0 Å². The summed E-state index contributed by atoms with van der Waals surface area (Å²) < 4.78 is 0. The number of hydrogen-bond donors (Lipinski definition) is 1. The van der Waals surface area contributed by atoms with Gasteiger partial charge in [-0.15, -0.1) is 0 Å². The topological polar surface area (TPSA) is 50.7 Å². The molecule has 1 N–H and O–H groups in total. The Bertz CT molecular complexity index is 725. The van der Waals surface area contributed by atoms with Gasteiger partial charge in [0.25, 0.3) is 5.91 Å². The quantitative estimate of drug-likeness (QED) is 0.508. The largest absolute Gasteiger partial charge is 0.398 e. The van der Waals surface area contributed by atoms with Crippen LogP contribution >= 0.6 is 0 Å². The predicted octanol–water partition coefficient (Wildman–Crippen LogP) is 3.88.